The van der Waals surface area contributed by atoms with Gasteiger partial charge in [-0.15, -0.1) is 12.4 Å². The Hall–Kier alpha value is -1.18. The molecule has 0 saturated carbocycles. The number of methoxy groups -OCH3 is 1. The van der Waals surface area contributed by atoms with Crippen LogP contribution >= 0.6 is 12.4 Å². The monoisotopic (exact) mass is 340 g/mol. The molecule has 0 unspecified atom stereocenters. The van der Waals surface area contributed by atoms with Crippen molar-refractivity contribution in [3.63, 3.8) is 0 Å². The molecule has 1 aromatic rings. The van der Waals surface area contributed by atoms with Crippen molar-refractivity contribution in [2.75, 3.05) is 33.3 Å². The van der Waals surface area contributed by atoms with Gasteiger partial charge in [0.1, 0.15) is 11.5 Å². The third kappa shape index (κ3) is 4.93. The Morgan fingerprint density at radius 1 is 1.32 bits per heavy atom. The van der Waals surface area contributed by atoms with Crippen LogP contribution in [-0.4, -0.2) is 49.5 Å². The number of benzene rings is 1. The molecule has 2 rings (SSSR count). The molecule has 0 amide bonds. The molecular formula is C14H20ClF3N2O2. The first kappa shape index (κ1) is 18.9. The van der Waals surface area contributed by atoms with Crippen molar-refractivity contribution in [3.05, 3.63) is 23.8 Å². The van der Waals surface area contributed by atoms with E-state index in [1.807, 2.05) is 0 Å². The molecule has 2 N–H and O–H groups in total. The number of aromatic hydroxyl groups is 1. The maximum Gasteiger partial charge on any atom is 0.390 e. The van der Waals surface area contributed by atoms with Crippen molar-refractivity contribution < 1.29 is 23.0 Å². The Balaban J connectivity index is 0.00000242. The zero-order valence-electron chi connectivity index (χ0n) is 12.2. The van der Waals surface area contributed by atoms with E-state index in [1.165, 1.54) is 25.3 Å². The second-order valence-electron chi connectivity index (χ2n) is 5.05. The van der Waals surface area contributed by atoms with Gasteiger partial charge < -0.3 is 15.2 Å². The largest absolute Gasteiger partial charge is 0.508 e. The van der Waals surface area contributed by atoms with E-state index in [1.54, 1.807) is 4.90 Å². The summed E-state index contributed by atoms with van der Waals surface area (Å²) in [6, 6.07) is 3.48. The SMILES string of the molecule is COc1ccc(O)c([C@H](CC(F)(F)F)N2CCNCC2)c1.Cl. The van der Waals surface area contributed by atoms with E-state index in [-0.39, 0.29) is 23.7 Å². The molecule has 0 aliphatic carbocycles. The highest BCUT2D eigenvalue weighted by molar-refractivity contribution is 5.85. The summed E-state index contributed by atoms with van der Waals surface area (Å²) in [5.41, 5.74) is 0.258. The summed E-state index contributed by atoms with van der Waals surface area (Å²) in [7, 11) is 1.44. The van der Waals surface area contributed by atoms with Crippen LogP contribution in [0, 0.1) is 0 Å². The lowest BCUT2D eigenvalue weighted by Crippen LogP contribution is -2.46. The van der Waals surface area contributed by atoms with Gasteiger partial charge in [0.2, 0.25) is 0 Å². The van der Waals surface area contributed by atoms with E-state index in [4.69, 9.17) is 4.74 Å². The maximum absolute atomic E-state index is 12.9. The zero-order valence-corrected chi connectivity index (χ0v) is 13.0. The third-order valence-electron chi connectivity index (χ3n) is 3.61. The number of phenols is 1. The van der Waals surface area contributed by atoms with E-state index in [2.05, 4.69) is 5.32 Å². The van der Waals surface area contributed by atoms with Crippen LogP contribution in [0.4, 0.5) is 13.2 Å². The van der Waals surface area contributed by atoms with E-state index in [0.717, 1.165) is 0 Å². The quantitative estimate of drug-likeness (QED) is 0.884. The van der Waals surface area contributed by atoms with E-state index in [9.17, 15) is 18.3 Å². The molecule has 1 heterocycles. The van der Waals surface area contributed by atoms with Gasteiger partial charge in [-0.05, 0) is 18.2 Å². The molecule has 4 nitrogen and oxygen atoms in total. The van der Waals surface area contributed by atoms with Gasteiger partial charge in [0.25, 0.3) is 0 Å². The number of phenolic OH excluding ortho intramolecular Hbond substituents is 1. The molecule has 0 aromatic heterocycles. The van der Waals surface area contributed by atoms with Gasteiger partial charge in [-0.1, -0.05) is 0 Å². The Labute approximate surface area is 133 Å². The van der Waals surface area contributed by atoms with E-state index < -0.39 is 18.6 Å². The van der Waals surface area contributed by atoms with Crippen LogP contribution < -0.4 is 10.1 Å². The molecule has 22 heavy (non-hydrogen) atoms. The molecule has 1 aliphatic heterocycles. The number of hydrogen-bond acceptors (Lipinski definition) is 4. The number of nitrogens with one attached hydrogen (secondary N) is 1. The summed E-state index contributed by atoms with van der Waals surface area (Å²) < 4.78 is 43.8. The summed E-state index contributed by atoms with van der Waals surface area (Å²) in [6.07, 6.45) is -5.29. The first-order valence-corrected chi connectivity index (χ1v) is 6.79. The molecule has 1 aliphatic rings. The molecule has 1 atom stereocenters. The van der Waals surface area contributed by atoms with E-state index >= 15 is 0 Å². The van der Waals surface area contributed by atoms with Crippen molar-refractivity contribution >= 4 is 12.4 Å². The second-order valence-corrected chi connectivity index (χ2v) is 5.05. The lowest BCUT2D eigenvalue weighted by atomic mass is 9.99. The molecular weight excluding hydrogens is 321 g/mol. The second kappa shape index (κ2) is 7.89. The molecule has 0 radical (unpaired) electrons. The van der Waals surface area contributed by atoms with Gasteiger partial charge in [-0.3, -0.25) is 4.90 Å². The van der Waals surface area contributed by atoms with Crippen LogP contribution in [0.3, 0.4) is 0 Å². The zero-order chi connectivity index (χ0) is 15.5. The van der Waals surface area contributed by atoms with Crippen LogP contribution in [0.5, 0.6) is 11.5 Å². The average Bonchev–Trinajstić information content (AvgIpc) is 2.45. The lowest BCUT2D eigenvalue weighted by Gasteiger charge is -2.36. The van der Waals surface area contributed by atoms with Crippen LogP contribution in [0.15, 0.2) is 18.2 Å². The van der Waals surface area contributed by atoms with Crippen molar-refractivity contribution in [2.45, 2.75) is 18.6 Å². The van der Waals surface area contributed by atoms with Gasteiger partial charge in [-0.25, -0.2) is 0 Å². The predicted octanol–water partition coefficient (Wildman–Crippen LogP) is 2.72. The van der Waals surface area contributed by atoms with Gasteiger partial charge in [0, 0.05) is 37.8 Å². The average molecular weight is 341 g/mol. The van der Waals surface area contributed by atoms with Crippen molar-refractivity contribution in [3.8, 4) is 11.5 Å². The molecule has 1 fully saturated rings. The highest BCUT2D eigenvalue weighted by Gasteiger charge is 2.37. The van der Waals surface area contributed by atoms with Crippen LogP contribution in [0.2, 0.25) is 0 Å². The summed E-state index contributed by atoms with van der Waals surface area (Å²) in [5, 5.41) is 13.1. The topological polar surface area (TPSA) is 44.7 Å². The number of piperazine rings is 1. The number of rotatable bonds is 4. The van der Waals surface area contributed by atoms with Gasteiger partial charge in [-0.2, -0.15) is 13.2 Å². The number of ether oxygens (including phenoxy) is 1. The van der Waals surface area contributed by atoms with Crippen molar-refractivity contribution in [2.24, 2.45) is 0 Å². The van der Waals surface area contributed by atoms with Crippen LogP contribution in [0.1, 0.15) is 18.0 Å². The molecule has 8 heteroatoms. The molecule has 1 aromatic carbocycles. The molecule has 1 saturated heterocycles. The summed E-state index contributed by atoms with van der Waals surface area (Å²) in [6.45, 7) is 2.30. The number of nitrogens with zero attached hydrogens (tertiary/aromatic N) is 1. The Morgan fingerprint density at radius 3 is 2.50 bits per heavy atom. The minimum atomic E-state index is -4.30. The predicted molar refractivity (Wildman–Crippen MR) is 79.8 cm³/mol. The molecule has 126 valence electrons. The number of hydrogen-bond donors (Lipinski definition) is 2. The normalized spacial score (nSPS) is 17.6. The van der Waals surface area contributed by atoms with E-state index in [0.29, 0.717) is 31.9 Å². The van der Waals surface area contributed by atoms with Gasteiger partial charge >= 0.3 is 6.18 Å². The van der Waals surface area contributed by atoms with Crippen LogP contribution in [-0.2, 0) is 0 Å². The number of alkyl halides is 3. The standard InChI is InChI=1S/C14H19F3N2O2.ClH/c1-21-10-2-3-13(20)11(8-10)12(9-14(15,16)17)19-6-4-18-5-7-19;/h2-3,8,12,18,20H,4-7,9H2,1H3;1H/t12-;/m0./s1. The summed E-state index contributed by atoms with van der Waals surface area (Å²) >= 11 is 0. The minimum Gasteiger partial charge on any atom is -0.508 e. The molecule has 0 spiro atoms. The molecule has 0 bridgehead atoms. The van der Waals surface area contributed by atoms with Gasteiger partial charge in [0.15, 0.2) is 0 Å². The Bertz CT molecular complexity index is 480. The van der Waals surface area contributed by atoms with Crippen LogP contribution in [0.25, 0.3) is 0 Å². The minimum absolute atomic E-state index is 0. The first-order valence-electron chi connectivity index (χ1n) is 6.79. The smallest absolute Gasteiger partial charge is 0.390 e. The van der Waals surface area contributed by atoms with Gasteiger partial charge in [0.05, 0.1) is 13.5 Å². The Kier molecular flexibility index (Phi) is 6.77. The maximum atomic E-state index is 12.9. The first-order chi connectivity index (χ1) is 9.90. The highest BCUT2D eigenvalue weighted by Crippen LogP contribution is 2.39. The Morgan fingerprint density at radius 2 is 1.95 bits per heavy atom. The number of halogens is 4. The third-order valence-corrected chi connectivity index (χ3v) is 3.61. The summed E-state index contributed by atoms with van der Waals surface area (Å²) in [4.78, 5) is 1.75. The fraction of sp³-hybridized carbons (Fsp3) is 0.571. The lowest BCUT2D eigenvalue weighted by molar-refractivity contribution is -0.148. The fourth-order valence-electron chi connectivity index (χ4n) is 2.58. The summed E-state index contributed by atoms with van der Waals surface area (Å²) in [5.74, 6) is 0.300. The highest BCUT2D eigenvalue weighted by atomic mass is 35.5. The van der Waals surface area contributed by atoms with Crippen molar-refractivity contribution in [1.29, 1.82) is 0 Å². The fourth-order valence-corrected chi connectivity index (χ4v) is 2.58. The van der Waals surface area contributed by atoms with Crippen molar-refractivity contribution in [1.82, 2.24) is 10.2 Å².